The second-order valence-corrected chi connectivity index (χ2v) is 8.53. The minimum atomic E-state index is -3.47. The third kappa shape index (κ3) is 4.26. The predicted octanol–water partition coefficient (Wildman–Crippen LogP) is 2.86. The van der Waals surface area contributed by atoms with Crippen LogP contribution >= 0.6 is 10.7 Å². The Morgan fingerprint density at radius 2 is 2.08 bits per heavy atom. The van der Waals surface area contributed by atoms with Gasteiger partial charge < -0.3 is 9.30 Å². The van der Waals surface area contributed by atoms with E-state index in [0.717, 1.165) is 27.9 Å². The molecule has 0 saturated heterocycles. The van der Waals surface area contributed by atoms with Gasteiger partial charge in [-0.1, -0.05) is 0 Å². The smallest absolute Gasteiger partial charge is 0.232 e. The molecule has 0 aliphatic heterocycles. The van der Waals surface area contributed by atoms with Crippen LogP contribution in [-0.2, 0) is 26.9 Å². The van der Waals surface area contributed by atoms with Crippen LogP contribution in [0.15, 0.2) is 24.5 Å². The van der Waals surface area contributed by atoms with Gasteiger partial charge in [-0.2, -0.15) is 0 Å². The summed E-state index contributed by atoms with van der Waals surface area (Å²) in [5.41, 5.74) is 3.22. The maximum absolute atomic E-state index is 11.1. The molecule has 9 heteroatoms. The average molecular weight is 383 g/mol. The standard InChI is InChI=1S/C16H19ClN4O3S/c1-2-24-11-14-20-13-10-19-12-6-5-7-18-15(12)16(13)21(14)8-3-4-9-25(17,22)23/h5-7,10H,2-4,8-9,11H2,1H3. The molecule has 0 saturated carbocycles. The highest BCUT2D eigenvalue weighted by Crippen LogP contribution is 2.24. The average Bonchev–Trinajstić information content (AvgIpc) is 2.94. The second-order valence-electron chi connectivity index (χ2n) is 5.63. The van der Waals surface area contributed by atoms with Gasteiger partial charge in [-0.25, -0.2) is 13.4 Å². The number of hydrogen-bond acceptors (Lipinski definition) is 6. The van der Waals surface area contributed by atoms with Gasteiger partial charge in [0.25, 0.3) is 0 Å². The van der Waals surface area contributed by atoms with Crippen LogP contribution in [0, 0.1) is 0 Å². The van der Waals surface area contributed by atoms with E-state index in [2.05, 4.69) is 15.0 Å². The molecule has 0 aliphatic rings. The normalized spacial score (nSPS) is 12.2. The van der Waals surface area contributed by atoms with E-state index in [1.807, 2.05) is 23.6 Å². The fourth-order valence-electron chi connectivity index (χ4n) is 2.76. The second kappa shape index (κ2) is 7.63. The molecule has 3 heterocycles. The number of fused-ring (bicyclic) bond motifs is 3. The zero-order valence-corrected chi connectivity index (χ0v) is 15.4. The Bertz CT molecular complexity index is 988. The molecule has 3 rings (SSSR count). The summed E-state index contributed by atoms with van der Waals surface area (Å²) in [4.78, 5) is 13.5. The first kappa shape index (κ1) is 18.0. The number of pyridine rings is 2. The Morgan fingerprint density at radius 1 is 1.24 bits per heavy atom. The van der Waals surface area contributed by atoms with Gasteiger partial charge in [-0.3, -0.25) is 9.97 Å². The minimum absolute atomic E-state index is 0.0392. The number of nitrogens with zero attached hydrogens (tertiary/aromatic N) is 4. The summed E-state index contributed by atoms with van der Waals surface area (Å²) in [7, 11) is 1.82. The van der Waals surface area contributed by atoms with Crippen LogP contribution in [0.1, 0.15) is 25.6 Å². The van der Waals surface area contributed by atoms with Gasteiger partial charge in [0.05, 0.1) is 23.0 Å². The van der Waals surface area contributed by atoms with E-state index in [0.29, 0.717) is 32.6 Å². The third-order valence-corrected chi connectivity index (χ3v) is 5.10. The van der Waals surface area contributed by atoms with Crippen LogP contribution in [0.25, 0.3) is 22.1 Å². The number of imidazole rings is 1. The van der Waals surface area contributed by atoms with Gasteiger partial charge in [-0.05, 0) is 31.9 Å². The molecule has 0 unspecified atom stereocenters. The van der Waals surface area contributed by atoms with Crippen molar-refractivity contribution in [2.75, 3.05) is 12.4 Å². The lowest BCUT2D eigenvalue weighted by atomic mass is 10.2. The Kier molecular flexibility index (Phi) is 5.51. The predicted molar refractivity (Wildman–Crippen MR) is 97.0 cm³/mol. The molecule has 134 valence electrons. The SMILES string of the molecule is CCOCc1nc2cnc3cccnc3c2n1CCCCS(=O)(=O)Cl. The van der Waals surface area contributed by atoms with E-state index in [-0.39, 0.29) is 5.75 Å². The van der Waals surface area contributed by atoms with Crippen LogP contribution in [0.3, 0.4) is 0 Å². The fraction of sp³-hybridized carbons (Fsp3) is 0.438. The van der Waals surface area contributed by atoms with Crippen molar-refractivity contribution in [1.29, 1.82) is 0 Å². The lowest BCUT2D eigenvalue weighted by molar-refractivity contribution is 0.126. The molecule has 0 aliphatic carbocycles. The Balaban J connectivity index is 1.98. The Labute approximate surface area is 150 Å². The molecule has 0 N–H and O–H groups in total. The summed E-state index contributed by atoms with van der Waals surface area (Å²) in [6.07, 6.45) is 4.60. The number of halogens is 1. The first-order chi connectivity index (χ1) is 12.0. The molecular weight excluding hydrogens is 364 g/mol. The van der Waals surface area contributed by atoms with Crippen molar-refractivity contribution >= 4 is 41.8 Å². The van der Waals surface area contributed by atoms with Crippen LogP contribution in [0.5, 0.6) is 0 Å². The number of rotatable bonds is 8. The molecule has 3 aromatic heterocycles. The molecule has 0 spiro atoms. The monoisotopic (exact) mass is 382 g/mol. The molecule has 0 fully saturated rings. The molecule has 7 nitrogen and oxygen atoms in total. The van der Waals surface area contributed by atoms with E-state index >= 15 is 0 Å². The molecule has 3 aromatic rings. The van der Waals surface area contributed by atoms with Crippen molar-refractivity contribution in [3.05, 3.63) is 30.4 Å². The number of unbranched alkanes of at least 4 members (excludes halogenated alkanes) is 1. The number of ether oxygens (including phenoxy) is 1. The quantitative estimate of drug-likeness (QED) is 0.439. The van der Waals surface area contributed by atoms with E-state index in [9.17, 15) is 8.42 Å². The van der Waals surface area contributed by atoms with Gasteiger partial charge in [-0.15, -0.1) is 0 Å². The van der Waals surface area contributed by atoms with E-state index in [1.54, 1.807) is 12.4 Å². The molecule has 0 atom stereocenters. The van der Waals surface area contributed by atoms with Crippen molar-refractivity contribution in [1.82, 2.24) is 19.5 Å². The van der Waals surface area contributed by atoms with Gasteiger partial charge in [0.15, 0.2) is 0 Å². The topological polar surface area (TPSA) is 87.0 Å². The first-order valence-electron chi connectivity index (χ1n) is 8.08. The van der Waals surface area contributed by atoms with Crippen molar-refractivity contribution < 1.29 is 13.2 Å². The van der Waals surface area contributed by atoms with Crippen LogP contribution in [-0.4, -0.2) is 40.3 Å². The Morgan fingerprint density at radius 3 is 2.84 bits per heavy atom. The van der Waals surface area contributed by atoms with Crippen molar-refractivity contribution in [2.45, 2.75) is 32.9 Å². The summed E-state index contributed by atoms with van der Waals surface area (Å²) in [6.45, 7) is 3.51. The summed E-state index contributed by atoms with van der Waals surface area (Å²) >= 11 is 0. The summed E-state index contributed by atoms with van der Waals surface area (Å²) in [6, 6.07) is 3.75. The lowest BCUT2D eigenvalue weighted by Crippen LogP contribution is -2.08. The van der Waals surface area contributed by atoms with Crippen LogP contribution < -0.4 is 0 Å². The van der Waals surface area contributed by atoms with Crippen molar-refractivity contribution in [3.63, 3.8) is 0 Å². The minimum Gasteiger partial charge on any atom is -0.374 e. The van der Waals surface area contributed by atoms with Gasteiger partial charge >= 0.3 is 0 Å². The van der Waals surface area contributed by atoms with Crippen molar-refractivity contribution in [3.8, 4) is 0 Å². The molecule has 25 heavy (non-hydrogen) atoms. The summed E-state index contributed by atoms with van der Waals surface area (Å²) < 4.78 is 29.8. The summed E-state index contributed by atoms with van der Waals surface area (Å²) in [5.74, 6) is 0.744. The number of hydrogen-bond donors (Lipinski definition) is 0. The number of aromatic nitrogens is 4. The molecule has 0 radical (unpaired) electrons. The summed E-state index contributed by atoms with van der Waals surface area (Å²) in [5, 5.41) is 0. The Hall–Kier alpha value is -1.77. The highest BCUT2D eigenvalue weighted by atomic mass is 35.7. The molecular formula is C16H19ClN4O3S. The molecule has 0 amide bonds. The van der Waals surface area contributed by atoms with Crippen molar-refractivity contribution in [2.24, 2.45) is 0 Å². The highest BCUT2D eigenvalue weighted by Gasteiger charge is 2.15. The van der Waals surface area contributed by atoms with Crippen LogP contribution in [0.2, 0.25) is 0 Å². The largest absolute Gasteiger partial charge is 0.374 e. The van der Waals surface area contributed by atoms with E-state index in [4.69, 9.17) is 15.4 Å². The fourth-order valence-corrected chi connectivity index (χ4v) is 3.64. The molecule has 0 aromatic carbocycles. The van der Waals surface area contributed by atoms with Gasteiger partial charge in [0, 0.05) is 30.0 Å². The lowest BCUT2D eigenvalue weighted by Gasteiger charge is -2.10. The van der Waals surface area contributed by atoms with Gasteiger partial charge in [0.2, 0.25) is 9.05 Å². The first-order valence-corrected chi connectivity index (χ1v) is 10.6. The third-order valence-electron chi connectivity index (χ3n) is 3.87. The maximum Gasteiger partial charge on any atom is 0.232 e. The zero-order valence-electron chi connectivity index (χ0n) is 13.9. The van der Waals surface area contributed by atoms with Crippen LogP contribution in [0.4, 0.5) is 0 Å². The van der Waals surface area contributed by atoms with E-state index in [1.165, 1.54) is 0 Å². The molecule has 0 bridgehead atoms. The van der Waals surface area contributed by atoms with E-state index < -0.39 is 9.05 Å². The highest BCUT2D eigenvalue weighted by molar-refractivity contribution is 8.13. The maximum atomic E-state index is 11.1. The number of aryl methyl sites for hydroxylation is 1. The van der Waals surface area contributed by atoms with Gasteiger partial charge in [0.1, 0.15) is 23.5 Å². The zero-order chi connectivity index (χ0) is 17.9.